The van der Waals surface area contributed by atoms with Crippen molar-refractivity contribution in [3.63, 3.8) is 0 Å². The molecular weight excluding hydrogens is 383 g/mol. The molecule has 8 heteroatoms. The number of hydrogen-bond donors (Lipinski definition) is 1. The smallest absolute Gasteiger partial charge is 0.264 e. The lowest BCUT2D eigenvalue weighted by Gasteiger charge is -2.07. The molecule has 0 aliphatic carbocycles. The number of carbonyl (C=O) groups excluding carboxylic acids is 1. The molecule has 0 bridgehead atoms. The topological polar surface area (TPSA) is 60.5 Å². The van der Waals surface area contributed by atoms with E-state index in [0.717, 1.165) is 10.4 Å². The van der Waals surface area contributed by atoms with Crippen LogP contribution in [0.3, 0.4) is 0 Å². The summed E-state index contributed by atoms with van der Waals surface area (Å²) in [5.41, 5.74) is 0.571. The van der Waals surface area contributed by atoms with Gasteiger partial charge in [0, 0.05) is 0 Å². The average Bonchev–Trinajstić information content (AvgIpc) is 3.01. The van der Waals surface area contributed by atoms with Gasteiger partial charge in [-0.2, -0.15) is 0 Å². The standard InChI is InChI=1S/C17H14Cl2N2O3S/c1-2-23-10-3-5-11(6-4-10)24-9-14(22)20-17-21-16-13(25-17)8-7-12(18)15(16)19/h3-8H,2,9H2,1H3,(H,20,21,22). The van der Waals surface area contributed by atoms with Gasteiger partial charge in [-0.3, -0.25) is 10.1 Å². The number of amides is 1. The first-order chi connectivity index (χ1) is 12.1. The Hall–Kier alpha value is -2.02. The van der Waals surface area contributed by atoms with E-state index in [1.807, 2.05) is 13.0 Å². The molecule has 25 heavy (non-hydrogen) atoms. The third-order valence-corrected chi connectivity index (χ3v) is 4.93. The van der Waals surface area contributed by atoms with E-state index >= 15 is 0 Å². The van der Waals surface area contributed by atoms with Gasteiger partial charge in [0.15, 0.2) is 11.7 Å². The monoisotopic (exact) mass is 396 g/mol. The van der Waals surface area contributed by atoms with Crippen LogP contribution in [-0.2, 0) is 4.79 Å². The van der Waals surface area contributed by atoms with Gasteiger partial charge in [-0.1, -0.05) is 34.5 Å². The molecule has 0 fully saturated rings. The van der Waals surface area contributed by atoms with Gasteiger partial charge >= 0.3 is 0 Å². The lowest BCUT2D eigenvalue weighted by atomic mass is 10.3. The SMILES string of the molecule is CCOc1ccc(OCC(=O)Nc2nc3c(Cl)c(Cl)ccc3s2)cc1. The second kappa shape index (κ2) is 7.91. The van der Waals surface area contributed by atoms with Crippen LogP contribution in [0.5, 0.6) is 11.5 Å². The van der Waals surface area contributed by atoms with Gasteiger partial charge < -0.3 is 9.47 Å². The average molecular weight is 397 g/mol. The van der Waals surface area contributed by atoms with E-state index in [1.54, 1.807) is 30.3 Å². The van der Waals surface area contributed by atoms with Gasteiger partial charge in [0.05, 0.1) is 21.4 Å². The first-order valence-corrected chi connectivity index (χ1v) is 9.04. The lowest BCUT2D eigenvalue weighted by Crippen LogP contribution is -2.19. The van der Waals surface area contributed by atoms with Gasteiger partial charge in [0.2, 0.25) is 0 Å². The zero-order chi connectivity index (χ0) is 17.8. The summed E-state index contributed by atoms with van der Waals surface area (Å²) in [5.74, 6) is 1.03. The molecule has 0 radical (unpaired) electrons. The van der Waals surface area contributed by atoms with E-state index in [2.05, 4.69) is 10.3 Å². The van der Waals surface area contributed by atoms with Crippen molar-refractivity contribution in [3.8, 4) is 11.5 Å². The molecule has 1 amide bonds. The van der Waals surface area contributed by atoms with Gasteiger partial charge in [-0.05, 0) is 43.3 Å². The summed E-state index contributed by atoms with van der Waals surface area (Å²) in [4.78, 5) is 16.3. The van der Waals surface area contributed by atoms with Crippen LogP contribution in [-0.4, -0.2) is 24.1 Å². The number of fused-ring (bicyclic) bond motifs is 1. The molecule has 1 aromatic heterocycles. The summed E-state index contributed by atoms with van der Waals surface area (Å²) in [6.07, 6.45) is 0. The molecule has 1 N–H and O–H groups in total. The van der Waals surface area contributed by atoms with Crippen molar-refractivity contribution in [1.29, 1.82) is 0 Å². The van der Waals surface area contributed by atoms with Crippen LogP contribution < -0.4 is 14.8 Å². The molecule has 3 rings (SSSR count). The van der Waals surface area contributed by atoms with Crippen molar-refractivity contribution in [1.82, 2.24) is 4.98 Å². The van der Waals surface area contributed by atoms with E-state index in [0.29, 0.717) is 33.0 Å². The number of nitrogens with zero attached hydrogens (tertiary/aromatic N) is 1. The fourth-order valence-electron chi connectivity index (χ4n) is 2.09. The second-order valence-electron chi connectivity index (χ2n) is 4.97. The number of thiazole rings is 1. The van der Waals surface area contributed by atoms with Crippen molar-refractivity contribution in [2.45, 2.75) is 6.92 Å². The van der Waals surface area contributed by atoms with Crippen LogP contribution in [0, 0.1) is 0 Å². The number of benzene rings is 2. The van der Waals surface area contributed by atoms with Gasteiger partial charge in [0.1, 0.15) is 17.0 Å². The first-order valence-electron chi connectivity index (χ1n) is 7.47. The Balaban J connectivity index is 1.60. The normalized spacial score (nSPS) is 10.7. The molecule has 5 nitrogen and oxygen atoms in total. The van der Waals surface area contributed by atoms with E-state index in [1.165, 1.54) is 11.3 Å². The minimum Gasteiger partial charge on any atom is -0.494 e. The summed E-state index contributed by atoms with van der Waals surface area (Å²) in [6.45, 7) is 2.39. The highest BCUT2D eigenvalue weighted by Crippen LogP contribution is 2.35. The molecule has 3 aromatic rings. The number of aromatic nitrogens is 1. The summed E-state index contributed by atoms with van der Waals surface area (Å²) in [7, 11) is 0. The molecular formula is C17H14Cl2N2O3S. The molecule has 0 aliphatic heterocycles. The van der Waals surface area contributed by atoms with Crippen molar-refractivity contribution >= 4 is 55.8 Å². The molecule has 1 heterocycles. The van der Waals surface area contributed by atoms with Crippen LogP contribution in [0.2, 0.25) is 10.0 Å². The third-order valence-electron chi connectivity index (χ3n) is 3.20. The number of anilines is 1. The zero-order valence-electron chi connectivity index (χ0n) is 13.2. The van der Waals surface area contributed by atoms with Gasteiger partial charge in [0.25, 0.3) is 5.91 Å². The molecule has 0 spiro atoms. The Morgan fingerprint density at radius 2 is 1.80 bits per heavy atom. The highest BCUT2D eigenvalue weighted by atomic mass is 35.5. The molecule has 0 saturated heterocycles. The Morgan fingerprint density at radius 3 is 2.48 bits per heavy atom. The van der Waals surface area contributed by atoms with Gasteiger partial charge in [-0.15, -0.1) is 0 Å². The Labute approximate surface area is 158 Å². The summed E-state index contributed by atoms with van der Waals surface area (Å²) >= 11 is 13.4. The number of rotatable bonds is 6. The largest absolute Gasteiger partial charge is 0.494 e. The van der Waals surface area contributed by atoms with Crippen LogP contribution in [0.25, 0.3) is 10.2 Å². The minimum absolute atomic E-state index is 0.127. The number of carbonyl (C=O) groups is 1. The molecule has 2 aromatic carbocycles. The molecule has 0 atom stereocenters. The third kappa shape index (κ3) is 4.34. The van der Waals surface area contributed by atoms with Crippen molar-refractivity contribution < 1.29 is 14.3 Å². The van der Waals surface area contributed by atoms with E-state index < -0.39 is 0 Å². The number of ether oxygens (including phenoxy) is 2. The quantitative estimate of drug-likeness (QED) is 0.635. The minimum atomic E-state index is -0.310. The fourth-order valence-corrected chi connectivity index (χ4v) is 3.40. The fraction of sp³-hybridized carbons (Fsp3) is 0.176. The van der Waals surface area contributed by atoms with Crippen molar-refractivity contribution in [3.05, 3.63) is 46.4 Å². The van der Waals surface area contributed by atoms with Gasteiger partial charge in [-0.25, -0.2) is 4.98 Å². The second-order valence-corrected chi connectivity index (χ2v) is 6.78. The predicted octanol–water partition coefficient (Wildman–Crippen LogP) is 5.02. The first kappa shape index (κ1) is 17.8. The van der Waals surface area contributed by atoms with Crippen LogP contribution in [0.15, 0.2) is 36.4 Å². The Kier molecular flexibility index (Phi) is 5.63. The zero-order valence-corrected chi connectivity index (χ0v) is 15.5. The Bertz CT molecular complexity index is 897. The number of hydrogen-bond acceptors (Lipinski definition) is 5. The lowest BCUT2D eigenvalue weighted by molar-refractivity contribution is -0.118. The Morgan fingerprint density at radius 1 is 1.12 bits per heavy atom. The summed E-state index contributed by atoms with van der Waals surface area (Å²) in [6, 6.07) is 10.6. The van der Waals surface area contributed by atoms with Crippen LogP contribution in [0.1, 0.15) is 6.92 Å². The van der Waals surface area contributed by atoms with E-state index in [-0.39, 0.29) is 12.5 Å². The van der Waals surface area contributed by atoms with Crippen molar-refractivity contribution in [2.24, 2.45) is 0 Å². The maximum Gasteiger partial charge on any atom is 0.264 e. The van der Waals surface area contributed by atoms with E-state index in [4.69, 9.17) is 32.7 Å². The number of nitrogens with one attached hydrogen (secondary N) is 1. The highest BCUT2D eigenvalue weighted by molar-refractivity contribution is 7.22. The summed E-state index contributed by atoms with van der Waals surface area (Å²) < 4.78 is 11.6. The van der Waals surface area contributed by atoms with Crippen molar-refractivity contribution in [2.75, 3.05) is 18.5 Å². The molecule has 130 valence electrons. The highest BCUT2D eigenvalue weighted by Gasteiger charge is 2.12. The predicted molar refractivity (Wildman–Crippen MR) is 101 cm³/mol. The molecule has 0 aliphatic rings. The molecule has 0 unspecified atom stereocenters. The van der Waals surface area contributed by atoms with E-state index in [9.17, 15) is 4.79 Å². The number of halogens is 2. The van der Waals surface area contributed by atoms with Crippen LogP contribution in [0.4, 0.5) is 5.13 Å². The molecule has 0 saturated carbocycles. The maximum absolute atomic E-state index is 12.0. The summed E-state index contributed by atoms with van der Waals surface area (Å²) in [5, 5.41) is 3.94. The van der Waals surface area contributed by atoms with Crippen LogP contribution >= 0.6 is 34.5 Å². The maximum atomic E-state index is 12.0.